The van der Waals surface area contributed by atoms with Gasteiger partial charge in [0.25, 0.3) is 10.0 Å². The van der Waals surface area contributed by atoms with Crippen molar-refractivity contribution < 1.29 is 8.42 Å². The quantitative estimate of drug-likeness (QED) is 0.715. The molecule has 1 rings (SSSR count). The Hall–Kier alpha value is -0.920. The second kappa shape index (κ2) is 3.68. The van der Waals surface area contributed by atoms with Crippen molar-refractivity contribution in [2.24, 2.45) is 12.2 Å². The topological polar surface area (TPSA) is 81.2 Å². The molecule has 80 valence electrons. The molecule has 0 fully saturated rings. The first kappa shape index (κ1) is 11.2. The number of hydrogen-bond acceptors (Lipinski definition) is 4. The average Bonchev–Trinajstić information content (AvgIpc) is 2.30. The van der Waals surface area contributed by atoms with Crippen LogP contribution in [0.4, 0.5) is 0 Å². The lowest BCUT2D eigenvalue weighted by Gasteiger charge is -2.07. The third kappa shape index (κ3) is 2.53. The van der Waals surface area contributed by atoms with Crippen LogP contribution in [0.3, 0.4) is 0 Å². The zero-order valence-electron chi connectivity index (χ0n) is 8.43. The molecule has 2 N–H and O–H groups in total. The largest absolute Gasteiger partial charge is 0.335 e. The zero-order chi connectivity index (χ0) is 10.9. The predicted molar refractivity (Wildman–Crippen MR) is 52.0 cm³/mol. The normalized spacial score (nSPS) is 12.4. The van der Waals surface area contributed by atoms with E-state index in [2.05, 4.69) is 4.98 Å². The van der Waals surface area contributed by atoms with Crippen molar-refractivity contribution in [2.75, 3.05) is 14.1 Å². The molecule has 0 radical (unpaired) electrons. The van der Waals surface area contributed by atoms with E-state index in [-0.39, 0.29) is 5.03 Å². The van der Waals surface area contributed by atoms with Crippen LogP contribution >= 0.6 is 0 Å². The smallest absolute Gasteiger partial charge is 0.257 e. The van der Waals surface area contributed by atoms with Crippen LogP contribution in [-0.2, 0) is 23.6 Å². The maximum Gasteiger partial charge on any atom is 0.257 e. The Bertz CT molecular complexity index is 421. The highest BCUT2D eigenvalue weighted by atomic mass is 32.2. The van der Waals surface area contributed by atoms with Crippen LogP contribution in [0.15, 0.2) is 11.2 Å². The summed E-state index contributed by atoms with van der Waals surface area (Å²) in [5, 5.41) is 4.87. The number of nitrogens with zero attached hydrogens (tertiary/aromatic N) is 3. The van der Waals surface area contributed by atoms with Gasteiger partial charge in [0.1, 0.15) is 5.82 Å². The van der Waals surface area contributed by atoms with E-state index < -0.39 is 10.0 Å². The molecular weight excluding hydrogens is 204 g/mol. The highest BCUT2D eigenvalue weighted by molar-refractivity contribution is 7.89. The van der Waals surface area contributed by atoms with E-state index in [1.54, 1.807) is 11.6 Å². The Morgan fingerprint density at radius 2 is 2.14 bits per heavy atom. The van der Waals surface area contributed by atoms with Crippen molar-refractivity contribution >= 4 is 10.0 Å². The fourth-order valence-electron chi connectivity index (χ4n) is 1.04. The van der Waals surface area contributed by atoms with Gasteiger partial charge in [-0.1, -0.05) is 0 Å². The third-order valence-electron chi connectivity index (χ3n) is 1.70. The lowest BCUT2D eigenvalue weighted by Crippen LogP contribution is -2.15. The van der Waals surface area contributed by atoms with E-state index in [4.69, 9.17) is 5.14 Å². The number of aromatic nitrogens is 2. The van der Waals surface area contributed by atoms with Crippen molar-refractivity contribution in [1.29, 1.82) is 0 Å². The Labute approximate surface area is 83.4 Å². The summed E-state index contributed by atoms with van der Waals surface area (Å²) in [5.74, 6) is 0.666. The fourth-order valence-corrected chi connectivity index (χ4v) is 1.58. The molecule has 1 aromatic heterocycles. The molecule has 0 aliphatic rings. The van der Waals surface area contributed by atoms with Gasteiger partial charge in [-0.2, -0.15) is 0 Å². The molecule has 6 nitrogen and oxygen atoms in total. The van der Waals surface area contributed by atoms with Gasteiger partial charge in [0.05, 0.1) is 6.54 Å². The Balaban J connectivity index is 3.06. The van der Waals surface area contributed by atoms with Gasteiger partial charge in [0, 0.05) is 13.2 Å². The van der Waals surface area contributed by atoms with Crippen LogP contribution in [-0.4, -0.2) is 37.0 Å². The van der Waals surface area contributed by atoms with Crippen molar-refractivity contribution in [3.05, 3.63) is 12.0 Å². The molecule has 14 heavy (non-hydrogen) atoms. The van der Waals surface area contributed by atoms with Gasteiger partial charge in [-0.3, -0.25) is 0 Å². The first-order valence-corrected chi connectivity index (χ1v) is 5.55. The summed E-state index contributed by atoms with van der Waals surface area (Å²) in [6.45, 7) is 0.575. The summed E-state index contributed by atoms with van der Waals surface area (Å²) in [6.07, 6.45) is 1.41. The minimum Gasteiger partial charge on any atom is -0.335 e. The Kier molecular flexibility index (Phi) is 2.93. The highest BCUT2D eigenvalue weighted by Crippen LogP contribution is 2.07. The molecular formula is C7H14N4O2S. The molecule has 0 aliphatic carbocycles. The highest BCUT2D eigenvalue weighted by Gasteiger charge is 2.14. The van der Waals surface area contributed by atoms with Gasteiger partial charge >= 0.3 is 0 Å². The number of nitrogens with two attached hydrogens (primary N) is 1. The summed E-state index contributed by atoms with van der Waals surface area (Å²) >= 11 is 0. The monoisotopic (exact) mass is 218 g/mol. The predicted octanol–water partition coefficient (Wildman–Crippen LogP) is -0.871. The van der Waals surface area contributed by atoms with Gasteiger partial charge in [-0.15, -0.1) is 0 Å². The van der Waals surface area contributed by atoms with Crippen molar-refractivity contribution in [1.82, 2.24) is 14.5 Å². The van der Waals surface area contributed by atoms with Gasteiger partial charge in [0.15, 0.2) is 5.03 Å². The Morgan fingerprint density at radius 3 is 2.50 bits per heavy atom. The number of primary sulfonamides is 1. The van der Waals surface area contributed by atoms with E-state index >= 15 is 0 Å². The third-order valence-corrected chi connectivity index (χ3v) is 2.48. The molecule has 0 bridgehead atoms. The minimum absolute atomic E-state index is 0.0862. The van der Waals surface area contributed by atoms with Gasteiger partial charge in [0.2, 0.25) is 0 Å². The molecule has 0 atom stereocenters. The maximum absolute atomic E-state index is 11.0. The molecule has 0 saturated heterocycles. The van der Waals surface area contributed by atoms with Crippen molar-refractivity contribution in [3.63, 3.8) is 0 Å². The molecule has 0 unspecified atom stereocenters. The molecule has 0 spiro atoms. The lowest BCUT2D eigenvalue weighted by atomic mass is 10.5. The van der Waals surface area contributed by atoms with Crippen LogP contribution < -0.4 is 5.14 Å². The van der Waals surface area contributed by atoms with Gasteiger partial charge in [-0.25, -0.2) is 18.5 Å². The van der Waals surface area contributed by atoms with E-state index in [1.165, 1.54) is 6.20 Å². The Morgan fingerprint density at radius 1 is 1.57 bits per heavy atom. The molecule has 1 aromatic rings. The fraction of sp³-hybridized carbons (Fsp3) is 0.571. The SMILES string of the molecule is CN(C)Cc1nc(S(N)(=O)=O)cn1C. The van der Waals surface area contributed by atoms with Crippen LogP contribution in [0.25, 0.3) is 0 Å². The minimum atomic E-state index is -3.69. The standard InChI is InChI=1S/C7H14N4O2S/c1-10(2)4-6-9-7(5-11(6)3)14(8,12)13/h5H,4H2,1-3H3,(H2,8,12,13). The first-order chi connectivity index (χ1) is 6.30. The first-order valence-electron chi connectivity index (χ1n) is 4.00. The van der Waals surface area contributed by atoms with Crippen LogP contribution in [0.5, 0.6) is 0 Å². The second-order valence-corrected chi connectivity index (χ2v) is 4.90. The van der Waals surface area contributed by atoms with Crippen LogP contribution in [0.2, 0.25) is 0 Å². The molecule has 0 aromatic carbocycles. The molecule has 1 heterocycles. The number of hydrogen-bond donors (Lipinski definition) is 1. The lowest BCUT2D eigenvalue weighted by molar-refractivity contribution is 0.384. The summed E-state index contributed by atoms with van der Waals surface area (Å²) in [6, 6.07) is 0. The van der Waals surface area contributed by atoms with Gasteiger partial charge in [-0.05, 0) is 14.1 Å². The van der Waals surface area contributed by atoms with Crippen LogP contribution in [0.1, 0.15) is 5.82 Å². The zero-order valence-corrected chi connectivity index (χ0v) is 9.24. The summed E-state index contributed by atoms with van der Waals surface area (Å²) in [7, 11) is 1.81. The van der Waals surface area contributed by atoms with Crippen molar-refractivity contribution in [3.8, 4) is 0 Å². The summed E-state index contributed by atoms with van der Waals surface area (Å²) < 4.78 is 23.6. The van der Waals surface area contributed by atoms with E-state index in [0.29, 0.717) is 12.4 Å². The molecule has 0 aliphatic heterocycles. The number of sulfonamides is 1. The molecule has 7 heteroatoms. The maximum atomic E-state index is 11.0. The average molecular weight is 218 g/mol. The molecule has 0 amide bonds. The summed E-state index contributed by atoms with van der Waals surface area (Å²) in [4.78, 5) is 5.83. The second-order valence-electron chi connectivity index (χ2n) is 3.39. The van der Waals surface area contributed by atoms with Crippen molar-refractivity contribution in [2.45, 2.75) is 11.6 Å². The van der Waals surface area contributed by atoms with Gasteiger partial charge < -0.3 is 9.47 Å². The van der Waals surface area contributed by atoms with Crippen LogP contribution in [0, 0.1) is 0 Å². The van der Waals surface area contributed by atoms with E-state index in [9.17, 15) is 8.42 Å². The van der Waals surface area contributed by atoms with E-state index in [1.807, 2.05) is 19.0 Å². The number of aryl methyl sites for hydroxylation is 1. The number of imidazole rings is 1. The summed E-state index contributed by atoms with van der Waals surface area (Å²) in [5.41, 5.74) is 0. The molecule has 0 saturated carbocycles. The van der Waals surface area contributed by atoms with E-state index in [0.717, 1.165) is 0 Å². The number of rotatable bonds is 3.